The second kappa shape index (κ2) is 14.5. The Hall–Kier alpha value is -6.22. The molecule has 5 aromatic rings. The summed E-state index contributed by atoms with van der Waals surface area (Å²) < 4.78 is 18.5. The van der Waals surface area contributed by atoms with Gasteiger partial charge in [-0.2, -0.15) is 0 Å². The number of nitrogens with zero attached hydrogens (tertiary/aromatic N) is 2. The largest absolute Gasteiger partial charge is 0.457 e. The summed E-state index contributed by atoms with van der Waals surface area (Å²) in [7, 11) is 0. The van der Waals surface area contributed by atoms with Gasteiger partial charge < -0.3 is 14.2 Å². The highest BCUT2D eigenvalue weighted by atomic mass is 16.5. The number of hydrogen-bond donors (Lipinski definition) is 0. The minimum Gasteiger partial charge on any atom is -0.457 e. The lowest BCUT2D eigenvalue weighted by atomic mass is 9.78. The smallest absolute Gasteiger partial charge is 0.266 e. The van der Waals surface area contributed by atoms with Gasteiger partial charge in [0.15, 0.2) is 0 Å². The van der Waals surface area contributed by atoms with Crippen LogP contribution in [0.5, 0.6) is 34.5 Å². The molecule has 2 heterocycles. The number of carbonyl (C=O) groups excluding carboxylic acids is 4. The predicted molar refractivity (Wildman–Crippen MR) is 211 cm³/mol. The second-order valence-corrected chi connectivity index (χ2v) is 14.6. The number of hydrogen-bond acceptors (Lipinski definition) is 7. The van der Waals surface area contributed by atoms with Gasteiger partial charge in [0.25, 0.3) is 23.6 Å². The Balaban J connectivity index is 1.06. The fourth-order valence-electron chi connectivity index (χ4n) is 7.15. The van der Waals surface area contributed by atoms with Crippen molar-refractivity contribution in [2.75, 3.05) is 4.90 Å². The van der Waals surface area contributed by atoms with Crippen molar-refractivity contribution in [2.24, 2.45) is 0 Å². The Labute approximate surface area is 321 Å². The van der Waals surface area contributed by atoms with Crippen molar-refractivity contribution in [3.05, 3.63) is 137 Å². The third-order valence-electron chi connectivity index (χ3n) is 11.5. The SMILES string of the molecule is CCC(C)(CC)c1cccc(Oc2cccc(Oc3cccc(N4C(=O)c5ccc(Oc6ccc7c(c6)C(=O)N(C(C)(CC)CC)C7=O)cc5C4=O)c3)c2)c1. The summed E-state index contributed by atoms with van der Waals surface area (Å²) in [4.78, 5) is 56.4. The van der Waals surface area contributed by atoms with E-state index in [1.165, 1.54) is 16.5 Å². The van der Waals surface area contributed by atoms with Gasteiger partial charge in [-0.25, -0.2) is 4.90 Å². The summed E-state index contributed by atoms with van der Waals surface area (Å²) in [6.45, 7) is 12.5. The van der Waals surface area contributed by atoms with Crippen molar-refractivity contribution in [3.8, 4) is 34.5 Å². The van der Waals surface area contributed by atoms with Gasteiger partial charge in [0.05, 0.1) is 27.9 Å². The Bertz CT molecular complexity index is 2340. The molecule has 0 aliphatic carbocycles. The molecular weight excluding hydrogens is 693 g/mol. The van der Waals surface area contributed by atoms with Gasteiger partial charge in [-0.15, -0.1) is 0 Å². The van der Waals surface area contributed by atoms with Crippen LogP contribution in [-0.2, 0) is 5.41 Å². The first-order chi connectivity index (χ1) is 26.4. The molecule has 0 spiro atoms. The zero-order valence-corrected chi connectivity index (χ0v) is 32.0. The number of carbonyl (C=O) groups is 4. The first-order valence-electron chi connectivity index (χ1n) is 18.8. The number of imide groups is 2. The molecule has 5 aromatic carbocycles. The Kier molecular flexibility index (Phi) is 9.82. The van der Waals surface area contributed by atoms with Gasteiger partial charge in [-0.05, 0) is 116 Å². The third-order valence-corrected chi connectivity index (χ3v) is 11.5. The Morgan fingerprint density at radius 3 is 1.45 bits per heavy atom. The lowest BCUT2D eigenvalue weighted by Crippen LogP contribution is -2.48. The lowest BCUT2D eigenvalue weighted by molar-refractivity contribution is 0.0434. The monoisotopic (exact) mass is 736 g/mol. The molecule has 55 heavy (non-hydrogen) atoms. The van der Waals surface area contributed by atoms with Gasteiger partial charge in [0.1, 0.15) is 34.5 Å². The van der Waals surface area contributed by atoms with Gasteiger partial charge in [0.2, 0.25) is 0 Å². The van der Waals surface area contributed by atoms with Crippen LogP contribution in [0.2, 0.25) is 0 Å². The van der Waals surface area contributed by atoms with E-state index in [0.29, 0.717) is 52.8 Å². The molecular formula is C46H44N2O7. The van der Waals surface area contributed by atoms with Crippen molar-refractivity contribution in [1.29, 1.82) is 0 Å². The van der Waals surface area contributed by atoms with Crippen LogP contribution in [0.25, 0.3) is 0 Å². The molecule has 0 atom stereocenters. The van der Waals surface area contributed by atoms with Gasteiger partial charge in [-0.3, -0.25) is 24.1 Å². The van der Waals surface area contributed by atoms with E-state index in [1.807, 2.05) is 51.1 Å². The molecule has 0 N–H and O–H groups in total. The maximum Gasteiger partial charge on any atom is 0.266 e. The molecule has 0 bridgehead atoms. The zero-order chi connectivity index (χ0) is 39.1. The minimum atomic E-state index is -0.600. The molecule has 9 nitrogen and oxygen atoms in total. The van der Waals surface area contributed by atoms with Crippen LogP contribution in [0.4, 0.5) is 5.69 Å². The number of anilines is 1. The summed E-state index contributed by atoms with van der Waals surface area (Å²) in [5.41, 5.74) is 2.06. The molecule has 0 unspecified atom stereocenters. The summed E-state index contributed by atoms with van der Waals surface area (Å²) >= 11 is 0. The molecule has 0 aromatic heterocycles. The minimum absolute atomic E-state index is 0.0636. The quantitative estimate of drug-likeness (QED) is 0.111. The van der Waals surface area contributed by atoms with E-state index >= 15 is 0 Å². The van der Waals surface area contributed by atoms with Gasteiger partial charge >= 0.3 is 0 Å². The van der Waals surface area contributed by atoms with E-state index in [2.05, 4.69) is 32.9 Å². The molecule has 2 aliphatic rings. The molecule has 0 saturated carbocycles. The van der Waals surface area contributed by atoms with Crippen LogP contribution in [-0.4, -0.2) is 34.1 Å². The molecule has 0 saturated heterocycles. The third kappa shape index (κ3) is 6.75. The molecule has 0 radical (unpaired) electrons. The van der Waals surface area contributed by atoms with Crippen LogP contribution in [0.15, 0.2) is 109 Å². The van der Waals surface area contributed by atoms with Gasteiger partial charge in [0, 0.05) is 17.7 Å². The van der Waals surface area contributed by atoms with Crippen LogP contribution >= 0.6 is 0 Å². The Morgan fingerprint density at radius 1 is 0.455 bits per heavy atom. The highest BCUT2D eigenvalue weighted by molar-refractivity contribution is 6.34. The first-order valence-corrected chi connectivity index (χ1v) is 18.8. The second-order valence-electron chi connectivity index (χ2n) is 14.6. The van der Waals surface area contributed by atoms with Crippen LogP contribution in [0, 0.1) is 0 Å². The van der Waals surface area contributed by atoms with Crippen LogP contribution in [0.1, 0.15) is 114 Å². The van der Waals surface area contributed by atoms with Crippen molar-refractivity contribution >= 4 is 29.3 Å². The summed E-state index contributed by atoms with van der Waals surface area (Å²) in [6.07, 6.45) is 3.30. The average molecular weight is 737 g/mol. The lowest BCUT2D eigenvalue weighted by Gasteiger charge is -2.35. The van der Waals surface area contributed by atoms with Gasteiger partial charge in [-0.1, -0.05) is 58.9 Å². The zero-order valence-electron chi connectivity index (χ0n) is 32.0. The van der Waals surface area contributed by atoms with Crippen molar-refractivity contribution in [1.82, 2.24) is 4.90 Å². The number of ether oxygens (including phenoxy) is 3. The standard InChI is InChI=1S/C46H44N2O7/c1-7-45(5,8-2)29-14-11-16-31(24-29)53-33-18-13-19-34(26-33)54-32-17-12-15-30(25-32)47-41(49)37-22-20-35(27-39(37)42(47)50)55-36-21-23-38-40(28-36)44(52)48(43(38)51)46(6,9-3)10-4/h11-28H,7-10H2,1-6H3. The molecule has 0 fully saturated rings. The summed E-state index contributed by atoms with van der Waals surface area (Å²) in [5.74, 6) is 1.27. The predicted octanol–water partition coefficient (Wildman–Crippen LogP) is 11.1. The van der Waals surface area contributed by atoms with E-state index in [0.717, 1.165) is 23.5 Å². The Morgan fingerprint density at radius 2 is 0.891 bits per heavy atom. The molecule has 2 aliphatic heterocycles. The maximum absolute atomic E-state index is 13.7. The van der Waals surface area contributed by atoms with Crippen molar-refractivity contribution in [2.45, 2.75) is 78.2 Å². The average Bonchev–Trinajstić information content (AvgIpc) is 3.60. The number of benzene rings is 5. The van der Waals surface area contributed by atoms with Crippen LogP contribution in [0.3, 0.4) is 0 Å². The number of amides is 4. The molecule has 4 amide bonds. The van der Waals surface area contributed by atoms with E-state index in [4.69, 9.17) is 14.2 Å². The van der Waals surface area contributed by atoms with E-state index in [9.17, 15) is 19.2 Å². The highest BCUT2D eigenvalue weighted by Gasteiger charge is 2.45. The fourth-order valence-corrected chi connectivity index (χ4v) is 7.15. The number of rotatable bonds is 13. The highest BCUT2D eigenvalue weighted by Crippen LogP contribution is 2.39. The van der Waals surface area contributed by atoms with Crippen molar-refractivity contribution < 1.29 is 33.4 Å². The van der Waals surface area contributed by atoms with E-state index in [1.54, 1.807) is 60.7 Å². The number of fused-ring (bicyclic) bond motifs is 2. The first kappa shape index (κ1) is 37.1. The fraction of sp³-hybridized carbons (Fsp3) is 0.261. The molecule has 280 valence electrons. The molecule has 7 rings (SSSR count). The maximum atomic E-state index is 13.7. The molecule has 9 heteroatoms. The summed E-state index contributed by atoms with van der Waals surface area (Å²) in [6, 6.07) is 31.7. The van der Waals surface area contributed by atoms with E-state index in [-0.39, 0.29) is 33.9 Å². The normalized spacial score (nSPS) is 14.0. The van der Waals surface area contributed by atoms with Crippen molar-refractivity contribution in [3.63, 3.8) is 0 Å². The van der Waals surface area contributed by atoms with Crippen LogP contribution < -0.4 is 19.1 Å². The van der Waals surface area contributed by atoms with E-state index < -0.39 is 17.4 Å². The summed E-state index contributed by atoms with van der Waals surface area (Å²) in [5, 5.41) is 0. The topological polar surface area (TPSA) is 102 Å².